The first kappa shape index (κ1) is 15.4. The molecule has 0 saturated carbocycles. The number of hydrogen-bond donors (Lipinski definition) is 0. The van der Waals surface area contributed by atoms with Gasteiger partial charge in [0.15, 0.2) is 11.5 Å². The zero-order valence-electron chi connectivity index (χ0n) is 14.0. The van der Waals surface area contributed by atoms with Crippen LogP contribution in [0.25, 0.3) is 0 Å². The minimum atomic E-state index is -1.74. The van der Waals surface area contributed by atoms with Gasteiger partial charge in [0.1, 0.15) is 11.7 Å². The molecule has 5 rings (SSSR count). The van der Waals surface area contributed by atoms with E-state index in [1.807, 2.05) is 24.3 Å². The molecule has 0 bridgehead atoms. The van der Waals surface area contributed by atoms with E-state index in [9.17, 15) is 10.1 Å². The summed E-state index contributed by atoms with van der Waals surface area (Å²) in [7, 11) is 1.70. The molecule has 3 atom stereocenters. The number of hydrogen-bond acceptors (Lipinski definition) is 7. The van der Waals surface area contributed by atoms with Gasteiger partial charge in [-0.2, -0.15) is 5.06 Å². The second kappa shape index (κ2) is 5.33. The topological polar surface area (TPSA) is 83.3 Å². The summed E-state index contributed by atoms with van der Waals surface area (Å²) in [5, 5.41) is 13.8. The van der Waals surface area contributed by atoms with Crippen molar-refractivity contribution >= 4 is 0 Å². The number of likely N-dealkylation sites (N-methyl/N-ethyl adjacent to an activating group) is 1. The number of hydroxylamine groups is 2. The zero-order chi connectivity index (χ0) is 17.9. The predicted octanol–water partition coefficient (Wildman–Crippen LogP) is 2.48. The summed E-state index contributed by atoms with van der Waals surface area (Å²) >= 11 is 0. The SMILES string of the molecule is CN1C[C@@H]2c3ccccc3O[C@@H](c3ccc4c(c3)OCO4)[C@@]2([N+](=O)[O-])O1. The maximum atomic E-state index is 12.2. The Labute approximate surface area is 148 Å². The van der Waals surface area contributed by atoms with Crippen molar-refractivity contribution < 1.29 is 24.0 Å². The van der Waals surface area contributed by atoms with Gasteiger partial charge in [-0.05, 0) is 18.2 Å². The summed E-state index contributed by atoms with van der Waals surface area (Å²) in [4.78, 5) is 17.7. The number of nitro groups is 1. The lowest BCUT2D eigenvalue weighted by molar-refractivity contribution is -0.655. The van der Waals surface area contributed by atoms with Gasteiger partial charge in [0, 0.05) is 24.7 Å². The Morgan fingerprint density at radius 2 is 1.96 bits per heavy atom. The first-order valence-corrected chi connectivity index (χ1v) is 8.29. The Hall–Kier alpha value is -2.84. The van der Waals surface area contributed by atoms with Crippen LogP contribution in [0.5, 0.6) is 17.2 Å². The molecule has 3 aliphatic rings. The average Bonchev–Trinajstić information content (AvgIpc) is 3.24. The lowest BCUT2D eigenvalue weighted by Crippen LogP contribution is -2.53. The van der Waals surface area contributed by atoms with Crippen LogP contribution in [0.3, 0.4) is 0 Å². The van der Waals surface area contributed by atoms with Gasteiger partial charge in [0.25, 0.3) is 0 Å². The number of nitrogens with zero attached hydrogens (tertiary/aromatic N) is 2. The van der Waals surface area contributed by atoms with Crippen LogP contribution in [-0.2, 0) is 4.84 Å². The number of benzene rings is 2. The predicted molar refractivity (Wildman–Crippen MR) is 88.6 cm³/mol. The normalized spacial score (nSPS) is 29.0. The summed E-state index contributed by atoms with van der Waals surface area (Å²) in [5.74, 6) is 1.34. The second-order valence-corrected chi connectivity index (χ2v) is 6.61. The molecule has 3 heterocycles. The molecule has 2 aromatic carbocycles. The minimum Gasteiger partial charge on any atom is -0.475 e. The molecule has 3 aliphatic heterocycles. The van der Waals surface area contributed by atoms with Crippen LogP contribution in [0.2, 0.25) is 0 Å². The molecule has 0 radical (unpaired) electrons. The summed E-state index contributed by atoms with van der Waals surface area (Å²) in [6.07, 6.45) is -0.920. The van der Waals surface area contributed by atoms with E-state index >= 15 is 0 Å². The molecule has 0 unspecified atom stereocenters. The Morgan fingerprint density at radius 3 is 2.81 bits per heavy atom. The van der Waals surface area contributed by atoms with E-state index in [0.29, 0.717) is 29.4 Å². The third-order valence-corrected chi connectivity index (χ3v) is 5.14. The fraction of sp³-hybridized carbons (Fsp3) is 0.333. The number of rotatable bonds is 2. The Bertz CT molecular complexity index is 903. The van der Waals surface area contributed by atoms with E-state index < -0.39 is 17.7 Å². The molecule has 0 amide bonds. The van der Waals surface area contributed by atoms with Crippen LogP contribution in [0.15, 0.2) is 42.5 Å². The van der Waals surface area contributed by atoms with Crippen molar-refractivity contribution in [2.24, 2.45) is 0 Å². The molecule has 8 nitrogen and oxygen atoms in total. The highest BCUT2D eigenvalue weighted by Gasteiger charge is 2.68. The highest BCUT2D eigenvalue weighted by molar-refractivity contribution is 5.48. The largest absolute Gasteiger partial charge is 0.475 e. The van der Waals surface area contributed by atoms with Crippen LogP contribution in [0, 0.1) is 10.1 Å². The Morgan fingerprint density at radius 1 is 1.15 bits per heavy atom. The molecule has 0 aliphatic carbocycles. The number of ether oxygens (including phenoxy) is 3. The third-order valence-electron chi connectivity index (χ3n) is 5.14. The van der Waals surface area contributed by atoms with Gasteiger partial charge in [-0.3, -0.25) is 10.1 Å². The quantitative estimate of drug-likeness (QED) is 0.604. The van der Waals surface area contributed by atoms with Crippen molar-refractivity contribution in [3.8, 4) is 17.2 Å². The number of para-hydroxylation sites is 1. The average molecular weight is 356 g/mol. The van der Waals surface area contributed by atoms with Crippen molar-refractivity contribution in [3.05, 3.63) is 63.7 Å². The third kappa shape index (κ3) is 1.96. The molecule has 1 fully saturated rings. The number of fused-ring (bicyclic) bond motifs is 4. The summed E-state index contributed by atoms with van der Waals surface area (Å²) in [5.41, 5.74) is -0.345. The van der Waals surface area contributed by atoms with Gasteiger partial charge in [-0.15, -0.1) is 0 Å². The first-order valence-electron chi connectivity index (χ1n) is 8.29. The zero-order valence-corrected chi connectivity index (χ0v) is 14.0. The van der Waals surface area contributed by atoms with Gasteiger partial charge in [-0.1, -0.05) is 24.3 Å². The fourth-order valence-corrected chi connectivity index (χ4v) is 4.02. The van der Waals surface area contributed by atoms with Crippen LogP contribution in [-0.4, -0.2) is 36.1 Å². The molecule has 8 heteroatoms. The van der Waals surface area contributed by atoms with Crippen molar-refractivity contribution in [2.45, 2.75) is 17.7 Å². The van der Waals surface area contributed by atoms with E-state index in [4.69, 9.17) is 19.0 Å². The maximum Gasteiger partial charge on any atom is 0.389 e. The maximum absolute atomic E-state index is 12.2. The van der Waals surface area contributed by atoms with E-state index in [2.05, 4.69) is 0 Å². The van der Waals surface area contributed by atoms with E-state index in [-0.39, 0.29) is 11.7 Å². The van der Waals surface area contributed by atoms with Crippen molar-refractivity contribution in [1.29, 1.82) is 0 Å². The Kier molecular flexibility index (Phi) is 3.16. The van der Waals surface area contributed by atoms with Crippen LogP contribution in [0.1, 0.15) is 23.1 Å². The van der Waals surface area contributed by atoms with Gasteiger partial charge in [0.05, 0.1) is 4.92 Å². The van der Waals surface area contributed by atoms with E-state index in [1.54, 1.807) is 25.2 Å². The summed E-state index contributed by atoms with van der Waals surface area (Å²) in [6, 6.07) is 12.6. The molecular weight excluding hydrogens is 340 g/mol. The lowest BCUT2D eigenvalue weighted by Gasteiger charge is -2.37. The standard InChI is InChI=1S/C18H16N2O6/c1-19-9-13-12-4-2-3-5-14(12)25-17(18(13,26-19)20(21)22)11-6-7-15-16(8-11)24-10-23-15/h2-8,13,17H,9-10H2,1H3/t13-,17+,18+/m1/s1. The highest BCUT2D eigenvalue weighted by atomic mass is 16.8. The first-order chi connectivity index (χ1) is 12.6. The summed E-state index contributed by atoms with van der Waals surface area (Å²) < 4.78 is 16.9. The van der Waals surface area contributed by atoms with E-state index in [1.165, 1.54) is 5.06 Å². The van der Waals surface area contributed by atoms with E-state index in [0.717, 1.165) is 5.56 Å². The smallest absolute Gasteiger partial charge is 0.389 e. The van der Waals surface area contributed by atoms with Crippen molar-refractivity contribution in [1.82, 2.24) is 5.06 Å². The Balaban J connectivity index is 1.69. The monoisotopic (exact) mass is 356 g/mol. The van der Waals surface area contributed by atoms with Gasteiger partial charge >= 0.3 is 5.72 Å². The molecule has 0 spiro atoms. The van der Waals surface area contributed by atoms with Gasteiger partial charge in [0.2, 0.25) is 12.9 Å². The molecule has 134 valence electrons. The molecule has 26 heavy (non-hydrogen) atoms. The van der Waals surface area contributed by atoms with Crippen LogP contribution >= 0.6 is 0 Å². The van der Waals surface area contributed by atoms with Gasteiger partial charge in [-0.25, -0.2) is 4.84 Å². The van der Waals surface area contributed by atoms with Crippen LogP contribution in [0.4, 0.5) is 0 Å². The second-order valence-electron chi connectivity index (χ2n) is 6.61. The molecule has 2 aromatic rings. The molecule has 0 N–H and O–H groups in total. The van der Waals surface area contributed by atoms with Gasteiger partial charge < -0.3 is 14.2 Å². The molecular formula is C18H16N2O6. The highest BCUT2D eigenvalue weighted by Crippen LogP contribution is 2.54. The van der Waals surface area contributed by atoms with Crippen LogP contribution < -0.4 is 14.2 Å². The van der Waals surface area contributed by atoms with Crippen molar-refractivity contribution in [2.75, 3.05) is 20.4 Å². The van der Waals surface area contributed by atoms with Crippen molar-refractivity contribution in [3.63, 3.8) is 0 Å². The fourth-order valence-electron chi connectivity index (χ4n) is 4.02. The lowest BCUT2D eigenvalue weighted by atomic mass is 9.80. The summed E-state index contributed by atoms with van der Waals surface area (Å²) in [6.45, 7) is 0.539. The molecule has 0 aromatic heterocycles. The molecule has 1 saturated heterocycles. The minimum absolute atomic E-state index is 0.134.